The molecule has 92 valence electrons. The molecule has 1 heterocycles. The van der Waals surface area contributed by atoms with Gasteiger partial charge in [0.15, 0.2) is 6.10 Å². The van der Waals surface area contributed by atoms with Crippen molar-refractivity contribution < 1.29 is 14.3 Å². The van der Waals surface area contributed by atoms with Crippen LogP contribution in [-0.2, 0) is 14.3 Å². The SMILES string of the molecule is CC(C)(C)OC(=O)C1OC1c1ccc(Cl)cc1. The Kier molecular flexibility index (Phi) is 3.15. The molecule has 1 aromatic rings. The van der Waals surface area contributed by atoms with E-state index in [0.29, 0.717) is 5.02 Å². The van der Waals surface area contributed by atoms with Crippen molar-refractivity contribution in [1.29, 1.82) is 0 Å². The molecule has 17 heavy (non-hydrogen) atoms. The maximum atomic E-state index is 11.7. The van der Waals surface area contributed by atoms with Crippen LogP contribution in [0.4, 0.5) is 0 Å². The van der Waals surface area contributed by atoms with Crippen LogP contribution in [0.25, 0.3) is 0 Å². The normalized spacial score (nSPS) is 23.3. The summed E-state index contributed by atoms with van der Waals surface area (Å²) in [7, 11) is 0. The average molecular weight is 255 g/mol. The molecule has 1 saturated heterocycles. The second-order valence-electron chi connectivity index (χ2n) is 5.06. The van der Waals surface area contributed by atoms with Crippen LogP contribution in [-0.4, -0.2) is 17.7 Å². The highest BCUT2D eigenvalue weighted by atomic mass is 35.5. The Morgan fingerprint density at radius 2 is 1.88 bits per heavy atom. The number of carbonyl (C=O) groups is 1. The Hall–Kier alpha value is -1.06. The highest BCUT2D eigenvalue weighted by molar-refractivity contribution is 6.30. The molecule has 1 aromatic carbocycles. The van der Waals surface area contributed by atoms with Crippen molar-refractivity contribution in [2.75, 3.05) is 0 Å². The van der Waals surface area contributed by atoms with Gasteiger partial charge in [-0.15, -0.1) is 0 Å². The Morgan fingerprint density at radius 1 is 1.29 bits per heavy atom. The third kappa shape index (κ3) is 3.20. The minimum absolute atomic E-state index is 0.192. The number of carbonyl (C=O) groups excluding carboxylic acids is 1. The maximum Gasteiger partial charge on any atom is 0.338 e. The molecular weight excluding hydrogens is 240 g/mol. The van der Waals surface area contributed by atoms with E-state index in [0.717, 1.165) is 5.56 Å². The van der Waals surface area contributed by atoms with E-state index < -0.39 is 11.7 Å². The topological polar surface area (TPSA) is 38.8 Å². The van der Waals surface area contributed by atoms with Gasteiger partial charge in [0.2, 0.25) is 0 Å². The lowest BCUT2D eigenvalue weighted by molar-refractivity contribution is -0.156. The van der Waals surface area contributed by atoms with Crippen LogP contribution in [0.1, 0.15) is 32.4 Å². The number of epoxide rings is 1. The summed E-state index contributed by atoms with van der Waals surface area (Å²) in [5.41, 5.74) is 0.471. The summed E-state index contributed by atoms with van der Waals surface area (Å²) in [4.78, 5) is 11.7. The first-order valence-corrected chi connectivity index (χ1v) is 5.88. The number of rotatable bonds is 2. The predicted octanol–water partition coefficient (Wildman–Crippen LogP) is 3.12. The van der Waals surface area contributed by atoms with Crippen molar-refractivity contribution in [1.82, 2.24) is 0 Å². The van der Waals surface area contributed by atoms with Crippen molar-refractivity contribution >= 4 is 17.6 Å². The van der Waals surface area contributed by atoms with Crippen molar-refractivity contribution in [2.24, 2.45) is 0 Å². The van der Waals surface area contributed by atoms with Crippen LogP contribution >= 0.6 is 11.6 Å². The second-order valence-corrected chi connectivity index (χ2v) is 5.50. The highest BCUT2D eigenvalue weighted by Crippen LogP contribution is 2.40. The molecule has 0 radical (unpaired) electrons. The fourth-order valence-corrected chi connectivity index (χ4v) is 1.68. The number of hydrogen-bond donors (Lipinski definition) is 0. The summed E-state index contributed by atoms with van der Waals surface area (Å²) in [6.07, 6.45) is -0.669. The van der Waals surface area contributed by atoms with E-state index >= 15 is 0 Å². The third-order valence-corrected chi connectivity index (χ3v) is 2.58. The van der Waals surface area contributed by atoms with Crippen LogP contribution in [0.3, 0.4) is 0 Å². The zero-order valence-corrected chi connectivity index (χ0v) is 10.8. The van der Waals surface area contributed by atoms with Gasteiger partial charge in [0, 0.05) is 5.02 Å². The summed E-state index contributed by atoms with van der Waals surface area (Å²) in [5, 5.41) is 0.670. The molecule has 0 bridgehead atoms. The summed E-state index contributed by atoms with van der Waals surface area (Å²) >= 11 is 5.79. The lowest BCUT2D eigenvalue weighted by Crippen LogP contribution is -2.26. The molecule has 0 spiro atoms. The van der Waals surface area contributed by atoms with Gasteiger partial charge in [0.1, 0.15) is 11.7 Å². The predicted molar refractivity (Wildman–Crippen MR) is 64.9 cm³/mol. The zero-order chi connectivity index (χ0) is 12.6. The van der Waals surface area contributed by atoms with E-state index in [4.69, 9.17) is 21.1 Å². The van der Waals surface area contributed by atoms with Crippen molar-refractivity contribution in [3.8, 4) is 0 Å². The number of esters is 1. The van der Waals surface area contributed by atoms with Gasteiger partial charge in [-0.25, -0.2) is 4.79 Å². The molecule has 0 saturated carbocycles. The minimum atomic E-state index is -0.479. The zero-order valence-electron chi connectivity index (χ0n) is 10.1. The molecule has 2 rings (SSSR count). The van der Waals surface area contributed by atoms with Crippen LogP contribution in [0.2, 0.25) is 5.02 Å². The molecule has 0 N–H and O–H groups in total. The lowest BCUT2D eigenvalue weighted by atomic mass is 10.1. The Morgan fingerprint density at radius 3 is 2.41 bits per heavy atom. The van der Waals surface area contributed by atoms with Crippen LogP contribution in [0.5, 0.6) is 0 Å². The van der Waals surface area contributed by atoms with Gasteiger partial charge >= 0.3 is 5.97 Å². The van der Waals surface area contributed by atoms with Gasteiger partial charge < -0.3 is 9.47 Å². The summed E-state index contributed by atoms with van der Waals surface area (Å²) < 4.78 is 10.6. The highest BCUT2D eigenvalue weighted by Gasteiger charge is 2.48. The lowest BCUT2D eigenvalue weighted by Gasteiger charge is -2.18. The molecule has 0 aliphatic carbocycles. The van der Waals surface area contributed by atoms with Crippen molar-refractivity contribution in [2.45, 2.75) is 38.6 Å². The van der Waals surface area contributed by atoms with Gasteiger partial charge in [-0.3, -0.25) is 0 Å². The fraction of sp³-hybridized carbons (Fsp3) is 0.462. The number of benzene rings is 1. The number of halogens is 1. The average Bonchev–Trinajstić information content (AvgIpc) is 2.96. The molecule has 2 unspecified atom stereocenters. The van der Waals surface area contributed by atoms with E-state index in [2.05, 4.69) is 0 Å². The Balaban J connectivity index is 1.96. The van der Waals surface area contributed by atoms with E-state index in [1.807, 2.05) is 32.9 Å². The van der Waals surface area contributed by atoms with E-state index in [1.54, 1.807) is 12.1 Å². The van der Waals surface area contributed by atoms with E-state index in [9.17, 15) is 4.79 Å². The number of hydrogen-bond acceptors (Lipinski definition) is 3. The van der Waals surface area contributed by atoms with Gasteiger partial charge in [-0.2, -0.15) is 0 Å². The van der Waals surface area contributed by atoms with Crippen LogP contribution in [0, 0.1) is 0 Å². The molecule has 1 fully saturated rings. The smallest absolute Gasteiger partial charge is 0.338 e. The van der Waals surface area contributed by atoms with Gasteiger partial charge in [0.25, 0.3) is 0 Å². The third-order valence-electron chi connectivity index (χ3n) is 2.33. The quantitative estimate of drug-likeness (QED) is 0.601. The second kappa shape index (κ2) is 4.31. The summed E-state index contributed by atoms with van der Waals surface area (Å²) in [6, 6.07) is 7.28. The van der Waals surface area contributed by atoms with Gasteiger partial charge in [0.05, 0.1) is 0 Å². The molecule has 0 aromatic heterocycles. The van der Waals surface area contributed by atoms with E-state index in [-0.39, 0.29) is 12.1 Å². The first-order valence-electron chi connectivity index (χ1n) is 5.50. The molecule has 0 amide bonds. The maximum absolute atomic E-state index is 11.7. The van der Waals surface area contributed by atoms with Crippen LogP contribution < -0.4 is 0 Å². The van der Waals surface area contributed by atoms with Crippen molar-refractivity contribution in [3.05, 3.63) is 34.9 Å². The molecule has 1 aliphatic rings. The van der Waals surface area contributed by atoms with Crippen LogP contribution in [0.15, 0.2) is 24.3 Å². The monoisotopic (exact) mass is 254 g/mol. The first kappa shape index (κ1) is 12.4. The van der Waals surface area contributed by atoms with Gasteiger partial charge in [-0.1, -0.05) is 23.7 Å². The van der Waals surface area contributed by atoms with E-state index in [1.165, 1.54) is 0 Å². The standard InChI is InChI=1S/C13H15ClO3/c1-13(2,3)17-12(15)11-10(16-11)8-4-6-9(14)7-5-8/h4-7,10-11H,1-3H3. The molecular formula is C13H15ClO3. The Bertz CT molecular complexity index is 419. The number of ether oxygens (including phenoxy) is 2. The molecule has 3 nitrogen and oxygen atoms in total. The van der Waals surface area contributed by atoms with Gasteiger partial charge in [-0.05, 0) is 38.5 Å². The summed E-state index contributed by atoms with van der Waals surface area (Å²) in [5.74, 6) is -0.308. The fourth-order valence-electron chi connectivity index (χ4n) is 1.56. The largest absolute Gasteiger partial charge is 0.458 e. The minimum Gasteiger partial charge on any atom is -0.458 e. The first-order chi connectivity index (χ1) is 7.87. The summed E-state index contributed by atoms with van der Waals surface area (Å²) in [6.45, 7) is 5.51. The molecule has 4 heteroatoms. The van der Waals surface area contributed by atoms with Crippen molar-refractivity contribution in [3.63, 3.8) is 0 Å². The molecule has 1 aliphatic heterocycles. The molecule has 2 atom stereocenters. The Labute approximate surface area is 106 Å².